The van der Waals surface area contributed by atoms with Crippen LogP contribution in [0.15, 0.2) is 23.3 Å². The van der Waals surface area contributed by atoms with Gasteiger partial charge in [0, 0.05) is 5.56 Å². The average Bonchev–Trinajstić information content (AvgIpc) is 2.36. The van der Waals surface area contributed by atoms with Crippen LogP contribution in [0.3, 0.4) is 0 Å². The van der Waals surface area contributed by atoms with E-state index in [2.05, 4.69) is 10.5 Å². The molecule has 1 N–H and O–H groups in total. The van der Waals surface area contributed by atoms with Gasteiger partial charge in [-0.15, -0.1) is 0 Å². The summed E-state index contributed by atoms with van der Waals surface area (Å²) in [7, 11) is 8.98. The predicted octanol–water partition coefficient (Wildman–Crippen LogP) is -2.14. The summed E-state index contributed by atoms with van der Waals surface area (Å²) >= 11 is 0. The molecule has 0 fully saturated rings. The molecule has 1 aromatic rings. The SMILES string of the molecule is COc1ccc(OC)c(/C=N/NC(=O)C[N+](C)(C)C)c1.[Cl-]. The van der Waals surface area contributed by atoms with Gasteiger partial charge in [0.25, 0.3) is 5.91 Å². The van der Waals surface area contributed by atoms with Gasteiger partial charge in [0.05, 0.1) is 41.6 Å². The highest BCUT2D eigenvalue weighted by atomic mass is 35.5. The van der Waals surface area contributed by atoms with Gasteiger partial charge in [-0.1, -0.05) is 0 Å². The van der Waals surface area contributed by atoms with Gasteiger partial charge < -0.3 is 26.4 Å². The summed E-state index contributed by atoms with van der Waals surface area (Å²) in [6.45, 7) is 0.354. The van der Waals surface area contributed by atoms with E-state index in [0.717, 1.165) is 5.56 Å². The molecule has 0 saturated carbocycles. The van der Waals surface area contributed by atoms with Crippen LogP contribution >= 0.6 is 0 Å². The van der Waals surface area contributed by atoms with Crippen LogP contribution in [-0.4, -0.2) is 58.5 Å². The number of ether oxygens (including phenoxy) is 2. The molecule has 0 spiro atoms. The lowest BCUT2D eigenvalue weighted by Gasteiger charge is -2.22. The lowest BCUT2D eigenvalue weighted by Crippen LogP contribution is -3.00. The second kappa shape index (κ2) is 8.49. The molecule has 21 heavy (non-hydrogen) atoms. The van der Waals surface area contributed by atoms with Crippen molar-refractivity contribution in [3.8, 4) is 11.5 Å². The Kier molecular flexibility index (Phi) is 7.76. The third kappa shape index (κ3) is 6.97. The minimum absolute atomic E-state index is 0. The zero-order valence-corrected chi connectivity index (χ0v) is 13.8. The molecule has 0 aromatic heterocycles. The van der Waals surface area contributed by atoms with Gasteiger partial charge in [-0.3, -0.25) is 4.79 Å². The number of halogens is 1. The summed E-state index contributed by atoms with van der Waals surface area (Å²) in [5, 5.41) is 3.94. The lowest BCUT2D eigenvalue weighted by molar-refractivity contribution is -0.862. The molecule has 0 unspecified atom stereocenters. The van der Waals surface area contributed by atoms with Crippen LogP contribution in [0.1, 0.15) is 5.56 Å². The molecule has 0 aliphatic carbocycles. The molecule has 1 rings (SSSR count). The fraction of sp³-hybridized carbons (Fsp3) is 0.429. The Morgan fingerprint density at radius 3 is 2.48 bits per heavy atom. The first-order valence-electron chi connectivity index (χ1n) is 6.20. The number of rotatable bonds is 6. The molecule has 1 aromatic carbocycles. The van der Waals surface area contributed by atoms with Crippen molar-refractivity contribution in [2.45, 2.75) is 0 Å². The lowest BCUT2D eigenvalue weighted by atomic mass is 10.2. The van der Waals surface area contributed by atoms with Gasteiger partial charge in [0.15, 0.2) is 6.54 Å². The Bertz CT molecular complexity index is 499. The monoisotopic (exact) mass is 315 g/mol. The smallest absolute Gasteiger partial charge is 0.295 e. The Hall–Kier alpha value is -1.79. The number of amides is 1. The maximum atomic E-state index is 11.6. The minimum atomic E-state index is -0.143. The maximum absolute atomic E-state index is 11.6. The molecule has 0 radical (unpaired) electrons. The van der Waals surface area contributed by atoms with E-state index in [9.17, 15) is 4.79 Å². The van der Waals surface area contributed by atoms with Gasteiger partial charge in [-0.25, -0.2) is 5.43 Å². The van der Waals surface area contributed by atoms with Gasteiger partial charge in [0.2, 0.25) is 0 Å². The first-order chi connectivity index (χ1) is 9.35. The first-order valence-corrected chi connectivity index (χ1v) is 6.20. The summed E-state index contributed by atoms with van der Waals surface area (Å²) in [5.74, 6) is 1.22. The van der Waals surface area contributed by atoms with E-state index in [1.165, 1.54) is 6.21 Å². The van der Waals surface area contributed by atoms with Crippen molar-refractivity contribution >= 4 is 12.1 Å². The number of hydrogen-bond donors (Lipinski definition) is 1. The maximum Gasteiger partial charge on any atom is 0.295 e. The number of carbonyl (C=O) groups is 1. The van der Waals surface area contributed by atoms with Crippen molar-refractivity contribution in [3.05, 3.63) is 23.8 Å². The molecular weight excluding hydrogens is 294 g/mol. The Labute approximate surface area is 131 Å². The zero-order valence-electron chi connectivity index (χ0n) is 13.0. The van der Waals surface area contributed by atoms with Crippen molar-refractivity contribution in [2.24, 2.45) is 5.10 Å². The molecule has 0 saturated heterocycles. The number of carbonyl (C=O) groups excluding carboxylic acids is 1. The van der Waals surface area contributed by atoms with E-state index >= 15 is 0 Å². The molecule has 7 heteroatoms. The number of hydrazone groups is 1. The number of benzene rings is 1. The molecule has 0 atom stereocenters. The number of methoxy groups -OCH3 is 2. The van der Waals surface area contributed by atoms with Gasteiger partial charge in [0.1, 0.15) is 11.5 Å². The van der Waals surface area contributed by atoms with Crippen LogP contribution in [0.4, 0.5) is 0 Å². The predicted molar refractivity (Wildman–Crippen MR) is 78.2 cm³/mol. The number of likely N-dealkylation sites (N-methyl/N-ethyl adjacent to an activating group) is 1. The van der Waals surface area contributed by atoms with Crippen molar-refractivity contribution in [1.82, 2.24) is 5.43 Å². The van der Waals surface area contributed by atoms with Crippen LogP contribution in [0, 0.1) is 0 Å². The number of quaternary nitrogens is 1. The molecule has 1 amide bonds. The van der Waals surface area contributed by atoms with E-state index in [0.29, 0.717) is 22.5 Å². The van der Waals surface area contributed by atoms with Crippen molar-refractivity contribution in [2.75, 3.05) is 41.9 Å². The van der Waals surface area contributed by atoms with Gasteiger partial charge >= 0.3 is 0 Å². The second-order valence-electron chi connectivity index (χ2n) is 5.35. The van der Waals surface area contributed by atoms with Crippen molar-refractivity contribution in [3.63, 3.8) is 0 Å². The summed E-state index contributed by atoms with van der Waals surface area (Å²) in [4.78, 5) is 11.6. The summed E-state index contributed by atoms with van der Waals surface area (Å²) in [6, 6.07) is 5.37. The third-order valence-electron chi connectivity index (χ3n) is 2.45. The number of nitrogens with zero attached hydrogens (tertiary/aromatic N) is 2. The van der Waals surface area contributed by atoms with Crippen LogP contribution < -0.4 is 27.3 Å². The Morgan fingerprint density at radius 1 is 1.29 bits per heavy atom. The van der Waals surface area contributed by atoms with Crippen LogP contribution in [0.5, 0.6) is 11.5 Å². The van der Waals surface area contributed by atoms with Crippen molar-refractivity contribution in [1.29, 1.82) is 0 Å². The van der Waals surface area contributed by atoms with E-state index in [1.807, 2.05) is 21.1 Å². The van der Waals surface area contributed by atoms with Crippen LogP contribution in [-0.2, 0) is 4.79 Å². The van der Waals surface area contributed by atoms with E-state index in [1.54, 1.807) is 32.4 Å². The minimum Gasteiger partial charge on any atom is -1.00 e. The average molecular weight is 316 g/mol. The Morgan fingerprint density at radius 2 is 1.95 bits per heavy atom. The molecule has 118 valence electrons. The third-order valence-corrected chi connectivity index (χ3v) is 2.45. The highest BCUT2D eigenvalue weighted by molar-refractivity contribution is 5.86. The second-order valence-corrected chi connectivity index (χ2v) is 5.35. The van der Waals surface area contributed by atoms with E-state index in [-0.39, 0.29) is 18.3 Å². The number of hydrogen-bond acceptors (Lipinski definition) is 4. The summed E-state index contributed by atoms with van der Waals surface area (Å²) in [5.41, 5.74) is 3.23. The molecule has 6 nitrogen and oxygen atoms in total. The van der Waals surface area contributed by atoms with E-state index < -0.39 is 0 Å². The highest BCUT2D eigenvalue weighted by Gasteiger charge is 2.13. The zero-order chi connectivity index (χ0) is 15.2. The number of nitrogens with one attached hydrogen (secondary N) is 1. The normalized spacial score (nSPS) is 10.9. The van der Waals surface area contributed by atoms with Crippen LogP contribution in [0.2, 0.25) is 0 Å². The molecule has 0 heterocycles. The Balaban J connectivity index is 0.00000400. The molecular formula is C14H22ClN3O3. The van der Waals surface area contributed by atoms with Gasteiger partial charge in [-0.05, 0) is 18.2 Å². The first kappa shape index (κ1) is 19.2. The summed E-state index contributed by atoms with van der Waals surface area (Å²) < 4.78 is 10.9. The topological polar surface area (TPSA) is 59.9 Å². The molecule has 0 aliphatic rings. The quantitative estimate of drug-likeness (QED) is 0.370. The molecule has 0 aliphatic heterocycles. The molecule has 0 bridgehead atoms. The summed E-state index contributed by atoms with van der Waals surface area (Å²) in [6.07, 6.45) is 1.54. The standard InChI is InChI=1S/C14H21N3O3.ClH/c1-17(2,3)10-14(18)16-15-9-11-8-12(19-4)6-7-13(11)20-5;/h6-9H,10H2,1-5H3;1H/b15-9+;. The van der Waals surface area contributed by atoms with Crippen molar-refractivity contribution < 1.29 is 31.2 Å². The van der Waals surface area contributed by atoms with E-state index in [4.69, 9.17) is 9.47 Å². The van der Waals surface area contributed by atoms with Crippen LogP contribution in [0.25, 0.3) is 0 Å². The largest absolute Gasteiger partial charge is 1.00 e. The fourth-order valence-electron chi connectivity index (χ4n) is 1.58. The fourth-order valence-corrected chi connectivity index (χ4v) is 1.58. The highest BCUT2D eigenvalue weighted by Crippen LogP contribution is 2.22. The van der Waals surface area contributed by atoms with Gasteiger partial charge in [-0.2, -0.15) is 5.10 Å².